The van der Waals surface area contributed by atoms with E-state index in [4.69, 9.17) is 6.42 Å². The van der Waals surface area contributed by atoms with Gasteiger partial charge in [0.1, 0.15) is 5.69 Å². The minimum Gasteiger partial charge on any atom is -0.375 e. The van der Waals surface area contributed by atoms with Crippen molar-refractivity contribution in [3.8, 4) is 24.2 Å². The Morgan fingerprint density at radius 2 is 2.18 bits per heavy atom. The molecule has 1 unspecified atom stereocenters. The van der Waals surface area contributed by atoms with Gasteiger partial charge < -0.3 is 10.1 Å². The summed E-state index contributed by atoms with van der Waals surface area (Å²) in [7, 11) is 0. The number of aromatic nitrogens is 1. The molecule has 0 aliphatic rings. The highest BCUT2D eigenvalue weighted by Gasteiger charge is 2.37. The second-order valence-corrected chi connectivity index (χ2v) is 3.87. The molecule has 0 aliphatic heterocycles. The molecule has 1 atom stereocenters. The highest BCUT2D eigenvalue weighted by molar-refractivity contribution is 7.09. The number of H-pyrrole nitrogens is 1. The molecular weight excluding hydrogens is 255 g/mol. The highest BCUT2D eigenvalue weighted by atomic mass is 32.1. The molecule has 1 rings (SSSR count). The zero-order valence-corrected chi connectivity index (χ0v) is 9.08. The van der Waals surface area contributed by atoms with Crippen molar-refractivity contribution in [3.63, 3.8) is 0 Å². The lowest BCUT2D eigenvalue weighted by atomic mass is 10.2. The van der Waals surface area contributed by atoms with Gasteiger partial charge in [-0.15, -0.1) is 6.42 Å². The largest absolute Gasteiger partial charge is 0.432 e. The number of hydrogen-bond donors (Lipinski definition) is 2. The number of aromatic amines is 1. The van der Waals surface area contributed by atoms with Crippen molar-refractivity contribution in [1.82, 2.24) is 4.98 Å². The Hall–Kier alpha value is -1.70. The predicted molar refractivity (Wildman–Crippen MR) is 56.1 cm³/mol. The van der Waals surface area contributed by atoms with Crippen LogP contribution in [0, 0.1) is 24.2 Å². The number of nitrogens with one attached hydrogen (secondary N) is 1. The molecule has 3 nitrogen and oxygen atoms in total. The van der Waals surface area contributed by atoms with Gasteiger partial charge in [0.25, 0.3) is 0 Å². The molecule has 0 spiro atoms. The van der Waals surface area contributed by atoms with E-state index in [1.54, 1.807) is 4.98 Å². The van der Waals surface area contributed by atoms with Crippen molar-refractivity contribution in [2.45, 2.75) is 18.7 Å². The van der Waals surface area contributed by atoms with Crippen molar-refractivity contribution < 1.29 is 18.3 Å². The van der Waals surface area contributed by atoms with Crippen LogP contribution in [0.4, 0.5) is 13.2 Å². The molecule has 90 valence electrons. The normalized spacial score (nSPS) is 12.4. The Bertz CT molecular complexity index is 553. The van der Waals surface area contributed by atoms with Crippen LogP contribution in [0.2, 0.25) is 0 Å². The zero-order valence-electron chi connectivity index (χ0n) is 8.26. The van der Waals surface area contributed by atoms with Gasteiger partial charge in [0.05, 0.1) is 11.3 Å². The first kappa shape index (κ1) is 13.4. The molecule has 0 aliphatic carbocycles. The van der Waals surface area contributed by atoms with Crippen LogP contribution in [-0.4, -0.2) is 10.1 Å². The third kappa shape index (κ3) is 3.38. The molecule has 7 heteroatoms. The maximum Gasteiger partial charge on any atom is 0.432 e. The molecule has 17 heavy (non-hydrogen) atoms. The average molecular weight is 261 g/mol. The molecule has 1 aromatic rings. The summed E-state index contributed by atoms with van der Waals surface area (Å²) in [5.74, 6) is 6.60. The first-order valence-corrected chi connectivity index (χ1v) is 5.08. The van der Waals surface area contributed by atoms with Gasteiger partial charge in [-0.1, -0.05) is 29.1 Å². The first-order valence-electron chi connectivity index (χ1n) is 4.26. The molecule has 0 radical (unpaired) electrons. The molecule has 0 saturated carbocycles. The van der Waals surface area contributed by atoms with E-state index < -0.39 is 27.7 Å². The van der Waals surface area contributed by atoms with Crippen LogP contribution in [0.1, 0.15) is 23.1 Å². The number of aliphatic hydroxyl groups is 1. The SMILES string of the molecule is C#CCC#CC(O)c1sc(=O)[nH]c1C(F)(F)F. The van der Waals surface area contributed by atoms with Gasteiger partial charge >= 0.3 is 11.0 Å². The summed E-state index contributed by atoms with van der Waals surface area (Å²) in [6.45, 7) is 0. The number of rotatable bonds is 1. The van der Waals surface area contributed by atoms with Crippen molar-refractivity contribution in [1.29, 1.82) is 0 Å². The quantitative estimate of drug-likeness (QED) is 0.753. The number of alkyl halides is 3. The predicted octanol–water partition coefficient (Wildman–Crippen LogP) is 1.52. The van der Waals surface area contributed by atoms with E-state index in [1.165, 1.54) is 0 Å². The van der Waals surface area contributed by atoms with Crippen molar-refractivity contribution in [3.05, 3.63) is 20.2 Å². The van der Waals surface area contributed by atoms with E-state index in [2.05, 4.69) is 17.8 Å². The third-order valence-corrected chi connectivity index (χ3v) is 2.57. The number of hydrogen-bond acceptors (Lipinski definition) is 3. The van der Waals surface area contributed by atoms with Crippen LogP contribution in [0.5, 0.6) is 0 Å². The molecule has 0 saturated heterocycles. The Kier molecular flexibility index (Phi) is 4.00. The van der Waals surface area contributed by atoms with E-state index in [0.29, 0.717) is 0 Å². The van der Waals surface area contributed by atoms with Gasteiger partial charge in [0, 0.05) is 0 Å². The minimum atomic E-state index is -4.73. The van der Waals surface area contributed by atoms with Gasteiger partial charge in [-0.2, -0.15) is 13.2 Å². The number of terminal acetylenes is 1. The second kappa shape index (κ2) is 5.09. The van der Waals surface area contributed by atoms with Gasteiger partial charge in [-0.05, 0) is 0 Å². The monoisotopic (exact) mass is 261 g/mol. The number of aliphatic hydroxyl groups excluding tert-OH is 1. The van der Waals surface area contributed by atoms with Crippen molar-refractivity contribution in [2.24, 2.45) is 0 Å². The fraction of sp³-hybridized carbons (Fsp3) is 0.300. The maximum atomic E-state index is 12.5. The number of thiazole rings is 1. The molecule has 0 aromatic carbocycles. The molecule has 0 amide bonds. The summed E-state index contributed by atoms with van der Waals surface area (Å²) in [5.41, 5.74) is -1.27. The van der Waals surface area contributed by atoms with Gasteiger partial charge in [-0.25, -0.2) is 0 Å². The van der Waals surface area contributed by atoms with Crippen LogP contribution in [0.15, 0.2) is 4.79 Å². The Balaban J connectivity index is 3.12. The fourth-order valence-corrected chi connectivity index (χ4v) is 1.80. The van der Waals surface area contributed by atoms with Crippen LogP contribution in [0.25, 0.3) is 0 Å². The summed E-state index contributed by atoms with van der Waals surface area (Å²) in [5, 5.41) is 9.41. The van der Waals surface area contributed by atoms with Crippen LogP contribution < -0.4 is 4.87 Å². The fourth-order valence-electron chi connectivity index (χ4n) is 1.01. The first-order chi connectivity index (χ1) is 7.86. The smallest absolute Gasteiger partial charge is 0.375 e. The van der Waals surface area contributed by atoms with Gasteiger partial charge in [0.15, 0.2) is 6.10 Å². The Morgan fingerprint density at radius 1 is 1.53 bits per heavy atom. The summed E-state index contributed by atoms with van der Waals surface area (Å²) < 4.78 is 37.4. The van der Waals surface area contributed by atoms with E-state index in [0.717, 1.165) is 0 Å². The molecule has 1 aromatic heterocycles. The second-order valence-electron chi connectivity index (χ2n) is 2.86. The van der Waals surface area contributed by atoms with Crippen molar-refractivity contribution >= 4 is 11.3 Å². The summed E-state index contributed by atoms with van der Waals surface area (Å²) >= 11 is 0.272. The summed E-state index contributed by atoms with van der Waals surface area (Å²) in [6.07, 6.45) is -1.51. The summed E-state index contributed by atoms with van der Waals surface area (Å²) in [4.78, 5) is 11.0. The van der Waals surface area contributed by atoms with E-state index in [-0.39, 0.29) is 17.8 Å². The molecule has 0 bridgehead atoms. The van der Waals surface area contributed by atoms with E-state index in [1.807, 2.05) is 0 Å². The standard InChI is InChI=1S/C10H6F3NO2S/c1-2-3-4-5-6(15)7-8(10(11,12)13)14-9(16)17-7/h1,6,15H,3H2,(H,14,16). The van der Waals surface area contributed by atoms with Gasteiger partial charge in [0.2, 0.25) is 0 Å². The van der Waals surface area contributed by atoms with E-state index in [9.17, 15) is 23.1 Å². The zero-order chi connectivity index (χ0) is 13.1. The van der Waals surface area contributed by atoms with Crippen LogP contribution in [0.3, 0.4) is 0 Å². The lowest BCUT2D eigenvalue weighted by Gasteiger charge is -2.07. The third-order valence-electron chi connectivity index (χ3n) is 1.64. The Labute approximate surface area is 98.3 Å². The molecule has 0 fully saturated rings. The topological polar surface area (TPSA) is 53.1 Å². The van der Waals surface area contributed by atoms with Crippen molar-refractivity contribution in [2.75, 3.05) is 0 Å². The van der Waals surface area contributed by atoms with Crippen LogP contribution >= 0.6 is 11.3 Å². The van der Waals surface area contributed by atoms with Gasteiger partial charge in [-0.3, -0.25) is 4.79 Å². The highest BCUT2D eigenvalue weighted by Crippen LogP contribution is 2.34. The van der Waals surface area contributed by atoms with E-state index >= 15 is 0 Å². The Morgan fingerprint density at radius 3 is 2.71 bits per heavy atom. The minimum absolute atomic E-state index is 0.0116. The molecule has 2 N–H and O–H groups in total. The maximum absolute atomic E-state index is 12.5. The molecule has 1 heterocycles. The number of halogens is 3. The summed E-state index contributed by atoms with van der Waals surface area (Å²) in [6, 6.07) is 0. The lowest BCUT2D eigenvalue weighted by Crippen LogP contribution is -2.11. The average Bonchev–Trinajstić information content (AvgIpc) is 2.60. The van der Waals surface area contributed by atoms with Crippen LogP contribution in [-0.2, 0) is 6.18 Å². The lowest BCUT2D eigenvalue weighted by molar-refractivity contribution is -0.142. The molecular formula is C10H6F3NO2S.